The molecule has 0 saturated heterocycles. The first-order valence-electron chi connectivity index (χ1n) is 9.28. The lowest BCUT2D eigenvalue weighted by molar-refractivity contribution is 0.102. The van der Waals surface area contributed by atoms with Gasteiger partial charge in [0.05, 0.1) is 29.5 Å². The number of aromatic nitrogens is 2. The molecule has 0 aliphatic carbocycles. The number of aromatic amines is 1. The molecule has 4 aromatic rings. The summed E-state index contributed by atoms with van der Waals surface area (Å²) < 4.78 is 11.0. The standard InChI is InChI=1S/C22H21N3O3/c1-3-14-7-10-19(27-4-2)16(12-14)22(26)23-15-8-9-17-18(13-15)25-21(24-17)20-6-5-11-28-20/h5-13H,3-4H2,1-2H3,(H,23,26)(H,24,25). The van der Waals surface area contributed by atoms with Crippen molar-refractivity contribution in [1.29, 1.82) is 0 Å². The maximum absolute atomic E-state index is 12.9. The van der Waals surface area contributed by atoms with Crippen LogP contribution in [0.25, 0.3) is 22.6 Å². The SMILES string of the molecule is CCOc1ccc(CC)cc1C(=O)Nc1ccc2nc(-c3ccco3)[nH]c2c1. The van der Waals surface area contributed by atoms with E-state index in [1.54, 1.807) is 6.26 Å². The summed E-state index contributed by atoms with van der Waals surface area (Å²) in [5.74, 6) is 1.70. The Morgan fingerprint density at radius 1 is 1.18 bits per heavy atom. The molecule has 4 rings (SSSR count). The molecule has 142 valence electrons. The maximum Gasteiger partial charge on any atom is 0.259 e. The summed E-state index contributed by atoms with van der Waals surface area (Å²) in [5, 5.41) is 2.95. The van der Waals surface area contributed by atoms with E-state index in [-0.39, 0.29) is 5.91 Å². The lowest BCUT2D eigenvalue weighted by Gasteiger charge is -2.12. The zero-order valence-electron chi connectivity index (χ0n) is 15.8. The number of hydrogen-bond donors (Lipinski definition) is 2. The van der Waals surface area contributed by atoms with Crippen molar-refractivity contribution in [2.75, 3.05) is 11.9 Å². The Hall–Kier alpha value is -3.54. The summed E-state index contributed by atoms with van der Waals surface area (Å²) in [7, 11) is 0. The van der Waals surface area contributed by atoms with Crippen molar-refractivity contribution in [1.82, 2.24) is 9.97 Å². The molecule has 0 spiro atoms. The molecule has 0 bridgehead atoms. The molecule has 28 heavy (non-hydrogen) atoms. The average molecular weight is 375 g/mol. The van der Waals surface area contributed by atoms with Crippen LogP contribution in [-0.4, -0.2) is 22.5 Å². The van der Waals surface area contributed by atoms with Gasteiger partial charge in [-0.25, -0.2) is 4.98 Å². The van der Waals surface area contributed by atoms with Gasteiger partial charge in [0.1, 0.15) is 5.75 Å². The molecule has 2 aromatic carbocycles. The van der Waals surface area contributed by atoms with Gasteiger partial charge in [0, 0.05) is 5.69 Å². The van der Waals surface area contributed by atoms with Gasteiger partial charge in [0.25, 0.3) is 5.91 Å². The second kappa shape index (κ2) is 7.60. The third-order valence-corrected chi connectivity index (χ3v) is 4.49. The number of nitrogens with one attached hydrogen (secondary N) is 2. The van der Waals surface area contributed by atoms with Crippen LogP contribution in [0.4, 0.5) is 5.69 Å². The molecule has 2 aromatic heterocycles. The molecule has 0 radical (unpaired) electrons. The van der Waals surface area contributed by atoms with Crippen molar-refractivity contribution >= 4 is 22.6 Å². The smallest absolute Gasteiger partial charge is 0.259 e. The molecule has 0 aliphatic heterocycles. The summed E-state index contributed by atoms with van der Waals surface area (Å²) in [6.45, 7) is 4.46. The second-order valence-corrected chi connectivity index (χ2v) is 6.37. The number of H-pyrrole nitrogens is 1. The van der Waals surface area contributed by atoms with Crippen LogP contribution in [0.2, 0.25) is 0 Å². The van der Waals surface area contributed by atoms with E-state index in [9.17, 15) is 4.79 Å². The second-order valence-electron chi connectivity index (χ2n) is 6.37. The highest BCUT2D eigenvalue weighted by Gasteiger charge is 2.15. The fourth-order valence-electron chi connectivity index (χ4n) is 3.07. The number of ether oxygens (including phenoxy) is 1. The zero-order chi connectivity index (χ0) is 19.5. The van der Waals surface area contributed by atoms with E-state index >= 15 is 0 Å². The Morgan fingerprint density at radius 2 is 2.07 bits per heavy atom. The molecule has 0 atom stereocenters. The zero-order valence-corrected chi connectivity index (χ0v) is 15.8. The number of nitrogens with zero attached hydrogens (tertiary/aromatic N) is 1. The Morgan fingerprint density at radius 3 is 2.82 bits per heavy atom. The first-order valence-corrected chi connectivity index (χ1v) is 9.28. The van der Waals surface area contributed by atoms with Gasteiger partial charge in [-0.3, -0.25) is 4.79 Å². The van der Waals surface area contributed by atoms with E-state index in [1.807, 2.05) is 55.5 Å². The van der Waals surface area contributed by atoms with Gasteiger partial charge >= 0.3 is 0 Å². The fraction of sp³-hybridized carbons (Fsp3) is 0.182. The van der Waals surface area contributed by atoms with E-state index in [0.717, 1.165) is 23.0 Å². The number of anilines is 1. The summed E-state index contributed by atoms with van der Waals surface area (Å²) in [4.78, 5) is 20.6. The number of amides is 1. The van der Waals surface area contributed by atoms with Crippen LogP contribution < -0.4 is 10.1 Å². The van der Waals surface area contributed by atoms with Crippen LogP contribution in [0, 0.1) is 0 Å². The van der Waals surface area contributed by atoms with Crippen molar-refractivity contribution in [3.8, 4) is 17.3 Å². The fourth-order valence-corrected chi connectivity index (χ4v) is 3.07. The monoisotopic (exact) mass is 375 g/mol. The van der Waals surface area contributed by atoms with Crippen LogP contribution in [-0.2, 0) is 6.42 Å². The molecule has 0 fully saturated rings. The van der Waals surface area contributed by atoms with Crippen LogP contribution in [0.15, 0.2) is 59.2 Å². The number of furan rings is 1. The normalized spacial score (nSPS) is 10.9. The maximum atomic E-state index is 12.9. The summed E-state index contributed by atoms with van der Waals surface area (Å²) >= 11 is 0. The molecular formula is C22H21N3O3. The third-order valence-electron chi connectivity index (χ3n) is 4.49. The van der Waals surface area contributed by atoms with Gasteiger partial charge < -0.3 is 19.5 Å². The number of fused-ring (bicyclic) bond motifs is 1. The van der Waals surface area contributed by atoms with Crippen LogP contribution >= 0.6 is 0 Å². The van der Waals surface area contributed by atoms with Crippen molar-refractivity contribution in [2.24, 2.45) is 0 Å². The van der Waals surface area contributed by atoms with Crippen molar-refractivity contribution in [3.63, 3.8) is 0 Å². The quantitative estimate of drug-likeness (QED) is 0.495. The molecule has 6 nitrogen and oxygen atoms in total. The van der Waals surface area contributed by atoms with Gasteiger partial charge in [-0.1, -0.05) is 13.0 Å². The first-order chi connectivity index (χ1) is 13.7. The van der Waals surface area contributed by atoms with Crippen LogP contribution in [0.3, 0.4) is 0 Å². The molecule has 0 unspecified atom stereocenters. The molecular weight excluding hydrogens is 354 g/mol. The minimum absolute atomic E-state index is 0.205. The molecule has 1 amide bonds. The number of carbonyl (C=O) groups excluding carboxylic acids is 1. The van der Waals surface area contributed by atoms with Crippen LogP contribution in [0.5, 0.6) is 5.75 Å². The van der Waals surface area contributed by atoms with Gasteiger partial charge in [0.2, 0.25) is 0 Å². The average Bonchev–Trinajstić information content (AvgIpc) is 3.37. The Bertz CT molecular complexity index is 1110. The summed E-state index contributed by atoms with van der Waals surface area (Å²) in [5.41, 5.74) is 3.91. The van der Waals surface area contributed by atoms with Crippen molar-refractivity contribution in [2.45, 2.75) is 20.3 Å². The molecule has 2 heterocycles. The molecule has 0 aliphatic rings. The van der Waals surface area contributed by atoms with E-state index in [2.05, 4.69) is 22.2 Å². The molecule has 2 N–H and O–H groups in total. The van der Waals surface area contributed by atoms with Crippen LogP contribution in [0.1, 0.15) is 29.8 Å². The summed E-state index contributed by atoms with van der Waals surface area (Å²) in [6, 6.07) is 14.9. The number of imidazole rings is 1. The van der Waals surface area contributed by atoms with Gasteiger partial charge in [-0.15, -0.1) is 0 Å². The first kappa shape index (κ1) is 17.9. The van der Waals surface area contributed by atoms with E-state index < -0.39 is 0 Å². The van der Waals surface area contributed by atoms with Gasteiger partial charge in [-0.2, -0.15) is 0 Å². The lowest BCUT2D eigenvalue weighted by atomic mass is 10.1. The van der Waals surface area contributed by atoms with Gasteiger partial charge in [-0.05, 0) is 61.4 Å². The number of benzene rings is 2. The van der Waals surface area contributed by atoms with E-state index in [1.165, 1.54) is 0 Å². The number of rotatable bonds is 6. The topological polar surface area (TPSA) is 80.2 Å². The molecule has 6 heteroatoms. The van der Waals surface area contributed by atoms with Gasteiger partial charge in [0.15, 0.2) is 11.6 Å². The predicted molar refractivity (Wildman–Crippen MR) is 109 cm³/mol. The third kappa shape index (κ3) is 3.49. The van der Waals surface area contributed by atoms with Crippen molar-refractivity contribution < 1.29 is 13.9 Å². The Balaban J connectivity index is 1.62. The highest BCUT2D eigenvalue weighted by Crippen LogP contribution is 2.25. The Kier molecular flexibility index (Phi) is 4.85. The summed E-state index contributed by atoms with van der Waals surface area (Å²) in [6.07, 6.45) is 2.46. The minimum atomic E-state index is -0.205. The highest BCUT2D eigenvalue weighted by molar-refractivity contribution is 6.07. The van der Waals surface area contributed by atoms with E-state index in [4.69, 9.17) is 9.15 Å². The highest BCUT2D eigenvalue weighted by atomic mass is 16.5. The number of hydrogen-bond acceptors (Lipinski definition) is 4. The lowest BCUT2D eigenvalue weighted by Crippen LogP contribution is -2.14. The number of carbonyl (C=O) groups is 1. The Labute approximate surface area is 162 Å². The molecule has 0 saturated carbocycles. The number of aryl methyl sites for hydroxylation is 1. The van der Waals surface area contributed by atoms with E-state index in [0.29, 0.717) is 35.2 Å². The predicted octanol–water partition coefficient (Wildman–Crippen LogP) is 5.04. The minimum Gasteiger partial charge on any atom is -0.493 e. The van der Waals surface area contributed by atoms with Crippen molar-refractivity contribution in [3.05, 3.63) is 65.9 Å². The largest absolute Gasteiger partial charge is 0.493 e.